The molecule has 0 saturated heterocycles. The Morgan fingerprint density at radius 2 is 2.14 bits per heavy atom. The number of amides is 3. The molecule has 21 heavy (non-hydrogen) atoms. The van der Waals surface area contributed by atoms with Gasteiger partial charge in [0.2, 0.25) is 0 Å². The molecule has 116 valence electrons. The van der Waals surface area contributed by atoms with Crippen molar-refractivity contribution in [3.8, 4) is 0 Å². The van der Waals surface area contributed by atoms with Crippen LogP contribution >= 0.6 is 0 Å². The highest BCUT2D eigenvalue weighted by Crippen LogP contribution is 2.05. The van der Waals surface area contributed by atoms with Crippen molar-refractivity contribution in [2.45, 2.75) is 25.8 Å². The van der Waals surface area contributed by atoms with E-state index in [0.717, 1.165) is 5.76 Å². The Bertz CT molecular complexity index is 471. The fourth-order valence-corrected chi connectivity index (χ4v) is 1.54. The van der Waals surface area contributed by atoms with Crippen molar-refractivity contribution in [2.75, 3.05) is 13.2 Å². The molecule has 0 bridgehead atoms. The van der Waals surface area contributed by atoms with Crippen molar-refractivity contribution in [1.29, 1.82) is 0 Å². The van der Waals surface area contributed by atoms with E-state index < -0.39 is 31.1 Å². The molecule has 1 rings (SSSR count). The average molecular weight is 298 g/mol. The molecule has 0 radical (unpaired) electrons. The second-order valence-corrected chi connectivity index (χ2v) is 4.43. The Morgan fingerprint density at radius 3 is 2.76 bits per heavy atom. The van der Waals surface area contributed by atoms with E-state index in [1.807, 2.05) is 11.4 Å². The summed E-state index contributed by atoms with van der Waals surface area (Å²) in [5.41, 5.74) is 0. The van der Waals surface area contributed by atoms with Gasteiger partial charge in [0.15, 0.2) is 0 Å². The van der Waals surface area contributed by atoms with Gasteiger partial charge in [-0.1, -0.05) is 0 Å². The van der Waals surface area contributed by atoms with Crippen LogP contribution in [0.5, 0.6) is 0 Å². The lowest BCUT2D eigenvalue weighted by Crippen LogP contribution is -2.44. The Kier molecular flexibility index (Phi) is 6.96. The van der Waals surface area contributed by atoms with Crippen molar-refractivity contribution in [1.82, 2.24) is 10.6 Å². The summed E-state index contributed by atoms with van der Waals surface area (Å²) in [5.74, 6) is -1.06. The highest BCUT2D eigenvalue weighted by molar-refractivity contribution is 5.95. The number of aryl methyl sites for hydroxylation is 1. The molecule has 0 spiro atoms. The Morgan fingerprint density at radius 1 is 1.38 bits per heavy atom. The predicted molar refractivity (Wildman–Crippen MR) is 71.6 cm³/mol. The maximum atomic E-state index is 11.5. The summed E-state index contributed by atoms with van der Waals surface area (Å²) in [4.78, 5) is 32.9. The summed E-state index contributed by atoms with van der Waals surface area (Å²) in [6.07, 6.45) is 2.91. The third-order valence-electron chi connectivity index (χ3n) is 2.49. The van der Waals surface area contributed by atoms with E-state index >= 15 is 0 Å². The van der Waals surface area contributed by atoms with Gasteiger partial charge < -0.3 is 19.6 Å². The van der Waals surface area contributed by atoms with Crippen LogP contribution in [0.1, 0.15) is 19.1 Å². The Hall–Kier alpha value is -2.35. The number of ether oxygens (including phenoxy) is 1. The van der Waals surface area contributed by atoms with Gasteiger partial charge in [0.05, 0.1) is 6.26 Å². The highest BCUT2D eigenvalue weighted by atomic mass is 16.5. The van der Waals surface area contributed by atoms with E-state index in [2.05, 4.69) is 10.1 Å². The zero-order chi connectivity index (χ0) is 15.7. The molecule has 0 aliphatic heterocycles. The lowest BCUT2D eigenvalue weighted by molar-refractivity contribution is -0.143. The van der Waals surface area contributed by atoms with Crippen LogP contribution in [-0.4, -0.2) is 42.3 Å². The van der Waals surface area contributed by atoms with Crippen LogP contribution in [0.25, 0.3) is 0 Å². The van der Waals surface area contributed by atoms with Gasteiger partial charge in [-0.15, -0.1) is 0 Å². The van der Waals surface area contributed by atoms with Gasteiger partial charge in [0, 0.05) is 12.5 Å². The molecule has 1 aromatic rings. The third-order valence-corrected chi connectivity index (χ3v) is 2.49. The van der Waals surface area contributed by atoms with Gasteiger partial charge in [-0.25, -0.2) is 9.59 Å². The van der Waals surface area contributed by atoms with E-state index in [4.69, 9.17) is 9.52 Å². The summed E-state index contributed by atoms with van der Waals surface area (Å²) >= 11 is 0. The SMILES string of the molecule is CC(CCc1ccco1)NC(=O)NC(=O)COCC(=O)O. The van der Waals surface area contributed by atoms with Gasteiger partial charge in [0.25, 0.3) is 5.91 Å². The summed E-state index contributed by atoms with van der Waals surface area (Å²) in [6, 6.07) is 2.83. The second-order valence-electron chi connectivity index (χ2n) is 4.43. The number of aliphatic carboxylic acids is 1. The van der Waals surface area contributed by atoms with Crippen molar-refractivity contribution >= 4 is 17.9 Å². The molecule has 8 nitrogen and oxygen atoms in total. The minimum Gasteiger partial charge on any atom is -0.480 e. The minimum absolute atomic E-state index is 0.150. The number of nitrogens with one attached hydrogen (secondary N) is 2. The molecule has 0 fully saturated rings. The number of carbonyl (C=O) groups excluding carboxylic acids is 2. The molecular formula is C13H18N2O6. The number of urea groups is 1. The molecular weight excluding hydrogens is 280 g/mol. The molecule has 3 amide bonds. The monoisotopic (exact) mass is 298 g/mol. The number of furan rings is 1. The van der Waals surface area contributed by atoms with E-state index in [1.165, 1.54) is 0 Å². The molecule has 1 atom stereocenters. The van der Waals surface area contributed by atoms with Gasteiger partial charge in [-0.3, -0.25) is 10.1 Å². The third kappa shape index (κ3) is 7.73. The fraction of sp³-hybridized carbons (Fsp3) is 0.462. The zero-order valence-electron chi connectivity index (χ0n) is 11.6. The zero-order valence-corrected chi connectivity index (χ0v) is 11.6. The first-order valence-corrected chi connectivity index (χ1v) is 6.39. The number of carboxylic acids is 1. The summed E-state index contributed by atoms with van der Waals surface area (Å²) in [5, 5.41) is 13.0. The first-order valence-electron chi connectivity index (χ1n) is 6.39. The van der Waals surface area contributed by atoms with Gasteiger partial charge in [0.1, 0.15) is 19.0 Å². The normalized spacial score (nSPS) is 11.7. The van der Waals surface area contributed by atoms with E-state index in [-0.39, 0.29) is 6.04 Å². The van der Waals surface area contributed by atoms with Crippen LogP contribution in [0.15, 0.2) is 22.8 Å². The van der Waals surface area contributed by atoms with Crippen LogP contribution in [0.4, 0.5) is 4.79 Å². The Labute approximate surface area is 121 Å². The topological polar surface area (TPSA) is 118 Å². The van der Waals surface area contributed by atoms with Crippen LogP contribution in [-0.2, 0) is 20.7 Å². The van der Waals surface area contributed by atoms with Gasteiger partial charge in [-0.2, -0.15) is 0 Å². The van der Waals surface area contributed by atoms with E-state index in [9.17, 15) is 14.4 Å². The molecule has 0 aliphatic carbocycles. The summed E-state index contributed by atoms with van der Waals surface area (Å²) < 4.78 is 9.73. The molecule has 8 heteroatoms. The van der Waals surface area contributed by atoms with Crippen molar-refractivity contribution in [3.63, 3.8) is 0 Å². The maximum absolute atomic E-state index is 11.5. The van der Waals surface area contributed by atoms with Crippen LogP contribution < -0.4 is 10.6 Å². The number of carboxylic acid groups (broad SMARTS) is 1. The lowest BCUT2D eigenvalue weighted by atomic mass is 10.1. The van der Waals surface area contributed by atoms with Gasteiger partial charge in [-0.05, 0) is 25.5 Å². The number of carbonyl (C=O) groups is 3. The van der Waals surface area contributed by atoms with E-state index in [1.54, 1.807) is 19.3 Å². The van der Waals surface area contributed by atoms with Crippen molar-refractivity contribution in [2.24, 2.45) is 0 Å². The number of rotatable bonds is 8. The summed E-state index contributed by atoms with van der Waals surface area (Å²) in [7, 11) is 0. The van der Waals surface area contributed by atoms with Crippen LogP contribution in [0.3, 0.4) is 0 Å². The maximum Gasteiger partial charge on any atom is 0.329 e. The first kappa shape index (κ1) is 16.7. The molecule has 0 aromatic carbocycles. The average Bonchev–Trinajstić information content (AvgIpc) is 2.88. The number of hydrogen-bond donors (Lipinski definition) is 3. The fourth-order valence-electron chi connectivity index (χ4n) is 1.54. The van der Waals surface area contributed by atoms with E-state index in [0.29, 0.717) is 12.8 Å². The molecule has 0 aliphatic rings. The van der Waals surface area contributed by atoms with Crippen LogP contribution in [0, 0.1) is 0 Å². The number of imide groups is 1. The second kappa shape index (κ2) is 8.75. The standard InChI is InChI=1S/C13H18N2O6/c1-9(4-5-10-3-2-6-21-10)14-13(19)15-11(16)7-20-8-12(17)18/h2-3,6,9H,4-5,7-8H2,1H3,(H,17,18)(H2,14,15,16,19). The molecule has 0 saturated carbocycles. The quantitative estimate of drug-likeness (QED) is 0.644. The molecule has 1 unspecified atom stereocenters. The predicted octanol–water partition coefficient (Wildman–Crippen LogP) is 0.528. The van der Waals surface area contributed by atoms with Crippen molar-refractivity contribution < 1.29 is 28.6 Å². The highest BCUT2D eigenvalue weighted by Gasteiger charge is 2.12. The Balaban J connectivity index is 2.16. The molecule has 1 aromatic heterocycles. The summed E-state index contributed by atoms with van der Waals surface area (Å²) in [6.45, 7) is 0.725. The largest absolute Gasteiger partial charge is 0.480 e. The number of hydrogen-bond acceptors (Lipinski definition) is 5. The smallest absolute Gasteiger partial charge is 0.329 e. The molecule has 3 N–H and O–H groups in total. The molecule has 1 heterocycles. The van der Waals surface area contributed by atoms with Crippen LogP contribution in [0.2, 0.25) is 0 Å². The minimum atomic E-state index is -1.18. The first-order chi connectivity index (χ1) is 9.97. The van der Waals surface area contributed by atoms with Crippen molar-refractivity contribution in [3.05, 3.63) is 24.2 Å². The lowest BCUT2D eigenvalue weighted by Gasteiger charge is -2.13. The van der Waals surface area contributed by atoms with Gasteiger partial charge >= 0.3 is 12.0 Å².